The third kappa shape index (κ3) is 35.4. The molecule has 0 rings (SSSR count). The molecule has 0 aromatic carbocycles. The number of hydrogen-bond donors (Lipinski definition) is 4. The molecule has 0 saturated carbocycles. The van der Waals surface area contributed by atoms with Crippen molar-refractivity contribution in [1.82, 2.24) is 5.32 Å². The Labute approximate surface area is 303 Å². The van der Waals surface area contributed by atoms with Gasteiger partial charge in [0.2, 0.25) is 5.91 Å². The quantitative estimate of drug-likeness (QED) is 0.0283. The van der Waals surface area contributed by atoms with E-state index in [0.717, 1.165) is 51.4 Å². The number of nitrogens with one attached hydrogen (secondary N) is 1. The maximum Gasteiger partial charge on any atom is 0.472 e. The summed E-state index contributed by atoms with van der Waals surface area (Å²) in [7, 11) is -4.31. The number of phosphoric ester groups is 1. The van der Waals surface area contributed by atoms with E-state index in [-0.39, 0.29) is 25.7 Å². The van der Waals surface area contributed by atoms with Gasteiger partial charge in [-0.2, -0.15) is 0 Å². The number of hydrogen-bond acceptors (Lipinski definition) is 6. The van der Waals surface area contributed by atoms with Crippen LogP contribution >= 0.6 is 7.82 Å². The largest absolute Gasteiger partial charge is 0.472 e. The summed E-state index contributed by atoms with van der Waals surface area (Å²) in [6.07, 6.45) is 39.3. The molecule has 0 aliphatic carbocycles. The Hall–Kier alpha value is -0.760. The monoisotopic (exact) mass is 717 g/mol. The average molecular weight is 717 g/mol. The Morgan fingerprint density at radius 2 is 1.06 bits per heavy atom. The molecule has 0 radical (unpaired) electrons. The van der Waals surface area contributed by atoms with Gasteiger partial charge in [-0.15, -0.1) is 0 Å². The SMILES string of the molecule is CCCCC/C=C\CCCCCCCC(=O)NC(COP(=O)(O)OCCN)C(O)CCCCCCCCCCCCCCCCCCCC. The molecule has 0 saturated heterocycles. The standard InChI is InChI=1S/C40H81N2O6P/c1-3-5-7-9-11-13-15-17-18-19-20-21-22-23-25-27-29-31-33-39(43)38(37-48-49(45,46)47-36-35-41)42-40(44)34-32-30-28-26-24-16-14-12-10-8-6-4-2/h12,14,38-39,43H,3-11,13,15-37,41H2,1-2H3,(H,42,44)(H,45,46)/b14-12-. The van der Waals surface area contributed by atoms with E-state index < -0.39 is 20.0 Å². The first-order chi connectivity index (χ1) is 23.9. The molecule has 0 aromatic heterocycles. The smallest absolute Gasteiger partial charge is 0.391 e. The van der Waals surface area contributed by atoms with Crippen molar-refractivity contribution in [3.05, 3.63) is 12.2 Å². The van der Waals surface area contributed by atoms with E-state index in [4.69, 9.17) is 14.8 Å². The number of unbranched alkanes of at least 4 members (excludes halogenated alkanes) is 25. The van der Waals surface area contributed by atoms with E-state index in [2.05, 4.69) is 31.3 Å². The van der Waals surface area contributed by atoms with Gasteiger partial charge in [0.25, 0.3) is 0 Å². The van der Waals surface area contributed by atoms with Crippen molar-refractivity contribution >= 4 is 13.7 Å². The summed E-state index contributed by atoms with van der Waals surface area (Å²) in [5.74, 6) is -0.170. The van der Waals surface area contributed by atoms with Crippen LogP contribution in [-0.2, 0) is 18.4 Å². The van der Waals surface area contributed by atoms with Gasteiger partial charge in [-0.25, -0.2) is 4.57 Å². The van der Waals surface area contributed by atoms with Crippen molar-refractivity contribution in [2.45, 2.75) is 219 Å². The topological polar surface area (TPSA) is 131 Å². The van der Waals surface area contributed by atoms with E-state index >= 15 is 0 Å². The molecule has 5 N–H and O–H groups in total. The molecule has 0 heterocycles. The summed E-state index contributed by atoms with van der Waals surface area (Å²) in [4.78, 5) is 22.6. The molecule has 0 aliphatic heterocycles. The maximum absolute atomic E-state index is 12.7. The predicted octanol–water partition coefficient (Wildman–Crippen LogP) is 11.2. The number of phosphoric acid groups is 1. The highest BCUT2D eigenvalue weighted by Crippen LogP contribution is 2.43. The van der Waals surface area contributed by atoms with E-state index in [1.807, 2.05) is 0 Å². The lowest BCUT2D eigenvalue weighted by Crippen LogP contribution is -2.46. The molecule has 0 aliphatic rings. The first kappa shape index (κ1) is 48.2. The second-order valence-corrected chi connectivity index (χ2v) is 15.7. The minimum absolute atomic E-state index is 0.0891. The fraction of sp³-hybridized carbons (Fsp3) is 0.925. The van der Waals surface area contributed by atoms with Crippen molar-refractivity contribution in [3.63, 3.8) is 0 Å². The minimum Gasteiger partial charge on any atom is -0.391 e. The number of carbonyl (C=O) groups excluding carboxylic acids is 1. The molecule has 9 heteroatoms. The number of allylic oxidation sites excluding steroid dienone is 2. The van der Waals surface area contributed by atoms with Crippen molar-refractivity contribution in [3.8, 4) is 0 Å². The van der Waals surface area contributed by atoms with Crippen LogP contribution in [0.3, 0.4) is 0 Å². The average Bonchev–Trinajstić information content (AvgIpc) is 3.09. The highest BCUT2D eigenvalue weighted by Gasteiger charge is 2.27. The van der Waals surface area contributed by atoms with Crippen molar-refractivity contribution in [2.75, 3.05) is 19.8 Å². The summed E-state index contributed by atoms with van der Waals surface area (Å²) < 4.78 is 22.1. The molecule has 8 nitrogen and oxygen atoms in total. The normalized spacial score (nSPS) is 14.3. The maximum atomic E-state index is 12.7. The van der Waals surface area contributed by atoms with Gasteiger partial charge in [0.05, 0.1) is 25.4 Å². The van der Waals surface area contributed by atoms with Crippen LogP contribution in [0.4, 0.5) is 0 Å². The van der Waals surface area contributed by atoms with Crippen LogP contribution in [0.1, 0.15) is 206 Å². The van der Waals surface area contributed by atoms with Crippen LogP contribution in [0.5, 0.6) is 0 Å². The summed E-state index contributed by atoms with van der Waals surface area (Å²) in [6, 6.07) is -0.774. The molecule has 0 bridgehead atoms. The summed E-state index contributed by atoms with van der Waals surface area (Å²) in [5, 5.41) is 13.8. The fourth-order valence-electron chi connectivity index (χ4n) is 6.19. The number of aliphatic hydroxyl groups excluding tert-OH is 1. The third-order valence-corrected chi connectivity index (χ3v) is 10.4. The molecule has 3 atom stereocenters. The Balaban J connectivity index is 4.15. The number of amides is 1. The Bertz CT molecular complexity index is 784. The second kappa shape index (κ2) is 37.0. The van der Waals surface area contributed by atoms with Crippen LogP contribution in [0.15, 0.2) is 12.2 Å². The van der Waals surface area contributed by atoms with Crippen LogP contribution in [0.25, 0.3) is 0 Å². The van der Waals surface area contributed by atoms with E-state index in [9.17, 15) is 19.4 Å². The fourth-order valence-corrected chi connectivity index (χ4v) is 6.95. The third-order valence-electron chi connectivity index (χ3n) is 9.37. The van der Waals surface area contributed by atoms with Gasteiger partial charge in [0.1, 0.15) is 0 Å². The van der Waals surface area contributed by atoms with Crippen molar-refractivity contribution in [1.29, 1.82) is 0 Å². The molecule has 3 unspecified atom stereocenters. The zero-order chi connectivity index (χ0) is 36.1. The highest BCUT2D eigenvalue weighted by atomic mass is 31.2. The molecule has 0 fully saturated rings. The second-order valence-electron chi connectivity index (χ2n) is 14.2. The molecule has 1 amide bonds. The van der Waals surface area contributed by atoms with Gasteiger partial charge in [-0.1, -0.05) is 174 Å². The molecule has 0 spiro atoms. The van der Waals surface area contributed by atoms with Crippen LogP contribution in [0, 0.1) is 0 Å². The zero-order valence-electron chi connectivity index (χ0n) is 32.2. The van der Waals surface area contributed by atoms with E-state index in [0.29, 0.717) is 12.8 Å². The summed E-state index contributed by atoms with van der Waals surface area (Å²) in [5.41, 5.74) is 5.37. The highest BCUT2D eigenvalue weighted by molar-refractivity contribution is 7.47. The Morgan fingerprint density at radius 3 is 1.55 bits per heavy atom. The molecule has 49 heavy (non-hydrogen) atoms. The van der Waals surface area contributed by atoms with Crippen LogP contribution < -0.4 is 11.1 Å². The first-order valence-corrected chi connectivity index (χ1v) is 22.3. The predicted molar refractivity (Wildman–Crippen MR) is 208 cm³/mol. The van der Waals surface area contributed by atoms with E-state index in [1.54, 1.807) is 0 Å². The minimum atomic E-state index is -4.31. The van der Waals surface area contributed by atoms with Gasteiger partial charge in [-0.05, 0) is 38.5 Å². The van der Waals surface area contributed by atoms with Gasteiger partial charge in [-0.3, -0.25) is 13.8 Å². The molecular weight excluding hydrogens is 635 g/mol. The zero-order valence-corrected chi connectivity index (χ0v) is 33.1. The first-order valence-electron chi connectivity index (χ1n) is 20.8. The van der Waals surface area contributed by atoms with Crippen molar-refractivity contribution in [2.24, 2.45) is 5.73 Å². The van der Waals surface area contributed by atoms with Crippen LogP contribution in [0.2, 0.25) is 0 Å². The van der Waals surface area contributed by atoms with Gasteiger partial charge >= 0.3 is 7.82 Å². The Kier molecular flexibility index (Phi) is 36.4. The summed E-state index contributed by atoms with van der Waals surface area (Å²) >= 11 is 0. The van der Waals surface area contributed by atoms with E-state index in [1.165, 1.54) is 128 Å². The van der Waals surface area contributed by atoms with Crippen molar-refractivity contribution < 1.29 is 28.4 Å². The number of aliphatic hydroxyl groups is 1. The number of carbonyl (C=O) groups is 1. The molecule has 0 aromatic rings. The Morgan fingerprint density at radius 1 is 0.653 bits per heavy atom. The number of rotatable bonds is 39. The lowest BCUT2D eigenvalue weighted by atomic mass is 10.0. The van der Waals surface area contributed by atoms with Gasteiger partial charge in [0.15, 0.2) is 0 Å². The lowest BCUT2D eigenvalue weighted by molar-refractivity contribution is -0.123. The molecular formula is C40H81N2O6P. The lowest BCUT2D eigenvalue weighted by Gasteiger charge is -2.25. The summed E-state index contributed by atoms with van der Waals surface area (Å²) in [6.45, 7) is 4.18. The number of nitrogens with two attached hydrogens (primary N) is 1. The van der Waals surface area contributed by atoms with Crippen LogP contribution in [-0.4, -0.2) is 47.8 Å². The van der Waals surface area contributed by atoms with Gasteiger partial charge < -0.3 is 21.1 Å². The van der Waals surface area contributed by atoms with Gasteiger partial charge in [0, 0.05) is 13.0 Å². The molecule has 292 valence electrons.